The van der Waals surface area contributed by atoms with Crippen LogP contribution in [0.2, 0.25) is 0 Å². The second kappa shape index (κ2) is 5.84. The van der Waals surface area contributed by atoms with Gasteiger partial charge < -0.3 is 9.67 Å². The maximum absolute atomic E-state index is 11.1. The highest BCUT2D eigenvalue weighted by atomic mass is 32.1. The molecule has 0 fully saturated rings. The molecule has 0 amide bonds. The van der Waals surface area contributed by atoms with Gasteiger partial charge >= 0.3 is 5.97 Å². The predicted molar refractivity (Wildman–Crippen MR) is 75.7 cm³/mol. The summed E-state index contributed by atoms with van der Waals surface area (Å²) in [6.45, 7) is 4.40. The third kappa shape index (κ3) is 2.93. The Kier molecular flexibility index (Phi) is 4.16. The quantitative estimate of drug-likeness (QED) is 0.933. The van der Waals surface area contributed by atoms with E-state index in [4.69, 9.17) is 5.11 Å². The zero-order chi connectivity index (χ0) is 13.8. The molecule has 4 nitrogen and oxygen atoms in total. The number of carboxylic acid groups (broad SMARTS) is 1. The molecule has 1 aromatic carbocycles. The molecule has 0 saturated carbocycles. The molecular formula is C14H16N2O2S. The van der Waals surface area contributed by atoms with Gasteiger partial charge in [-0.15, -0.1) is 11.3 Å². The van der Waals surface area contributed by atoms with E-state index >= 15 is 0 Å². The first-order valence-electron chi connectivity index (χ1n) is 6.14. The average molecular weight is 276 g/mol. The SMILES string of the molecule is CCn1c(C(C)C(=O)O)cs/c1=N/c1ccccc1. The summed E-state index contributed by atoms with van der Waals surface area (Å²) in [7, 11) is 0. The van der Waals surface area contributed by atoms with Crippen LogP contribution in [-0.4, -0.2) is 15.6 Å². The molecule has 2 aromatic rings. The molecule has 2 rings (SSSR count). The summed E-state index contributed by atoms with van der Waals surface area (Å²) in [5.74, 6) is -1.33. The van der Waals surface area contributed by atoms with Gasteiger partial charge in [0.15, 0.2) is 4.80 Å². The molecule has 0 aliphatic carbocycles. The molecule has 1 aromatic heterocycles. The van der Waals surface area contributed by atoms with Crippen molar-refractivity contribution in [2.75, 3.05) is 0 Å². The molecule has 1 atom stereocenters. The monoisotopic (exact) mass is 276 g/mol. The number of aliphatic carboxylic acids is 1. The Morgan fingerprint density at radius 1 is 1.42 bits per heavy atom. The largest absolute Gasteiger partial charge is 0.481 e. The van der Waals surface area contributed by atoms with Crippen LogP contribution in [0.1, 0.15) is 25.5 Å². The minimum atomic E-state index is -0.814. The lowest BCUT2D eigenvalue weighted by Gasteiger charge is -2.09. The normalized spacial score (nSPS) is 13.5. The van der Waals surface area contributed by atoms with Crippen LogP contribution in [-0.2, 0) is 11.3 Å². The van der Waals surface area contributed by atoms with Crippen molar-refractivity contribution in [3.63, 3.8) is 0 Å². The van der Waals surface area contributed by atoms with Crippen LogP contribution in [0.4, 0.5) is 5.69 Å². The summed E-state index contributed by atoms with van der Waals surface area (Å²) in [5, 5.41) is 11.0. The van der Waals surface area contributed by atoms with Gasteiger partial charge in [0.05, 0.1) is 11.6 Å². The summed E-state index contributed by atoms with van der Waals surface area (Å²) >= 11 is 1.47. The zero-order valence-corrected chi connectivity index (χ0v) is 11.7. The number of thiazole rings is 1. The predicted octanol–water partition coefficient (Wildman–Crippen LogP) is 2.99. The zero-order valence-electron chi connectivity index (χ0n) is 10.9. The van der Waals surface area contributed by atoms with Crippen LogP contribution < -0.4 is 4.80 Å². The number of rotatable bonds is 4. The fourth-order valence-electron chi connectivity index (χ4n) is 1.83. The number of nitrogens with zero attached hydrogens (tertiary/aromatic N) is 2. The van der Waals surface area contributed by atoms with Crippen LogP contribution in [0.5, 0.6) is 0 Å². The van der Waals surface area contributed by atoms with Gasteiger partial charge in [0.25, 0.3) is 0 Å². The molecule has 0 aliphatic rings. The Balaban J connectivity index is 2.49. The van der Waals surface area contributed by atoms with Crippen molar-refractivity contribution in [3.05, 3.63) is 46.2 Å². The molecule has 0 bridgehead atoms. The molecule has 0 radical (unpaired) electrons. The molecule has 0 saturated heterocycles. The first-order valence-corrected chi connectivity index (χ1v) is 7.02. The third-order valence-corrected chi connectivity index (χ3v) is 3.82. The highest BCUT2D eigenvalue weighted by Crippen LogP contribution is 2.17. The summed E-state index contributed by atoms with van der Waals surface area (Å²) in [6, 6.07) is 9.67. The Labute approximate surface area is 115 Å². The van der Waals surface area contributed by atoms with E-state index in [1.807, 2.05) is 47.2 Å². The van der Waals surface area contributed by atoms with Crippen LogP contribution in [0.3, 0.4) is 0 Å². The smallest absolute Gasteiger partial charge is 0.312 e. The van der Waals surface area contributed by atoms with E-state index < -0.39 is 11.9 Å². The molecule has 100 valence electrons. The standard InChI is InChI=1S/C14H16N2O2S/c1-3-16-12(10(2)13(17)18)9-19-14(16)15-11-7-5-4-6-8-11/h4-10H,3H2,1-2H3,(H,17,18)/b15-14+. The molecule has 0 aliphatic heterocycles. The van der Waals surface area contributed by atoms with E-state index in [2.05, 4.69) is 4.99 Å². The van der Waals surface area contributed by atoms with Gasteiger partial charge in [0.2, 0.25) is 0 Å². The summed E-state index contributed by atoms with van der Waals surface area (Å²) in [6.07, 6.45) is 0. The fraction of sp³-hybridized carbons (Fsp3) is 0.286. The van der Waals surface area contributed by atoms with E-state index in [0.29, 0.717) is 6.54 Å². The van der Waals surface area contributed by atoms with Crippen molar-refractivity contribution >= 4 is 23.0 Å². The van der Waals surface area contributed by atoms with Gasteiger partial charge in [-0.3, -0.25) is 4.79 Å². The summed E-state index contributed by atoms with van der Waals surface area (Å²) < 4.78 is 1.95. The maximum Gasteiger partial charge on any atom is 0.312 e. The lowest BCUT2D eigenvalue weighted by Crippen LogP contribution is -2.20. The average Bonchev–Trinajstić information content (AvgIpc) is 2.81. The number of hydrogen-bond donors (Lipinski definition) is 1. The fourth-order valence-corrected chi connectivity index (χ4v) is 2.91. The Morgan fingerprint density at radius 3 is 2.68 bits per heavy atom. The van der Waals surface area contributed by atoms with Crippen molar-refractivity contribution < 1.29 is 9.90 Å². The molecule has 19 heavy (non-hydrogen) atoms. The van der Waals surface area contributed by atoms with Gasteiger partial charge in [-0.1, -0.05) is 18.2 Å². The first kappa shape index (κ1) is 13.5. The molecular weight excluding hydrogens is 260 g/mol. The minimum Gasteiger partial charge on any atom is -0.481 e. The van der Waals surface area contributed by atoms with Crippen LogP contribution >= 0.6 is 11.3 Å². The Bertz CT molecular complexity index is 628. The Hall–Kier alpha value is -1.88. The second-order valence-corrected chi connectivity index (χ2v) is 5.03. The van der Waals surface area contributed by atoms with Crippen LogP contribution in [0, 0.1) is 0 Å². The number of carboxylic acids is 1. The first-order chi connectivity index (χ1) is 9.13. The lowest BCUT2D eigenvalue weighted by atomic mass is 10.1. The highest BCUT2D eigenvalue weighted by Gasteiger charge is 2.18. The minimum absolute atomic E-state index is 0.518. The van der Waals surface area contributed by atoms with E-state index in [-0.39, 0.29) is 0 Å². The number of para-hydroxylation sites is 1. The van der Waals surface area contributed by atoms with Crippen molar-refractivity contribution in [2.45, 2.75) is 26.3 Å². The van der Waals surface area contributed by atoms with Gasteiger partial charge in [-0.05, 0) is 26.0 Å². The van der Waals surface area contributed by atoms with Gasteiger partial charge in [-0.25, -0.2) is 4.99 Å². The number of aromatic nitrogens is 1. The highest BCUT2D eigenvalue weighted by molar-refractivity contribution is 7.07. The van der Waals surface area contributed by atoms with E-state index in [1.165, 1.54) is 11.3 Å². The van der Waals surface area contributed by atoms with Crippen molar-refractivity contribution in [1.82, 2.24) is 4.57 Å². The second-order valence-electron chi connectivity index (χ2n) is 4.19. The summed E-state index contributed by atoms with van der Waals surface area (Å²) in [4.78, 5) is 16.5. The molecule has 1 N–H and O–H groups in total. The van der Waals surface area contributed by atoms with Crippen molar-refractivity contribution in [1.29, 1.82) is 0 Å². The number of carbonyl (C=O) groups is 1. The van der Waals surface area contributed by atoms with E-state index in [0.717, 1.165) is 16.2 Å². The van der Waals surface area contributed by atoms with E-state index in [1.54, 1.807) is 6.92 Å². The van der Waals surface area contributed by atoms with Crippen LogP contribution in [0.25, 0.3) is 0 Å². The Morgan fingerprint density at radius 2 is 2.11 bits per heavy atom. The molecule has 0 spiro atoms. The molecule has 5 heteroatoms. The van der Waals surface area contributed by atoms with E-state index in [9.17, 15) is 4.79 Å². The van der Waals surface area contributed by atoms with Crippen LogP contribution in [0.15, 0.2) is 40.7 Å². The third-order valence-electron chi connectivity index (χ3n) is 2.94. The van der Waals surface area contributed by atoms with Gasteiger partial charge in [0.1, 0.15) is 0 Å². The van der Waals surface area contributed by atoms with Gasteiger partial charge in [0, 0.05) is 17.6 Å². The molecule has 1 heterocycles. The maximum atomic E-state index is 11.1. The van der Waals surface area contributed by atoms with Gasteiger partial charge in [-0.2, -0.15) is 0 Å². The summed E-state index contributed by atoms with van der Waals surface area (Å²) in [5.41, 5.74) is 1.68. The lowest BCUT2D eigenvalue weighted by molar-refractivity contribution is -0.138. The van der Waals surface area contributed by atoms with Crippen molar-refractivity contribution in [3.8, 4) is 0 Å². The number of hydrogen-bond acceptors (Lipinski definition) is 3. The van der Waals surface area contributed by atoms with Crippen molar-refractivity contribution in [2.24, 2.45) is 4.99 Å². The topological polar surface area (TPSA) is 54.6 Å². The number of benzene rings is 1. The molecule has 1 unspecified atom stereocenters.